The number of carbonyl (C=O) groups is 1. The Balaban J connectivity index is 2.57. The molecule has 1 fully saturated rings. The molecule has 0 aromatic rings. The van der Waals surface area contributed by atoms with Crippen LogP contribution in [-0.4, -0.2) is 30.8 Å². The molecule has 62 valence electrons. The summed E-state index contributed by atoms with van der Waals surface area (Å²) in [4.78, 5) is 10.7. The Morgan fingerprint density at radius 1 is 1.91 bits per heavy atom. The number of esters is 1. The van der Waals surface area contributed by atoms with Gasteiger partial charge in [-0.3, -0.25) is 0 Å². The number of carbonyl (C=O) groups excluding carboxylic acids is 1. The molecule has 4 heteroatoms. The number of rotatable bonds is 1. The lowest BCUT2D eigenvalue weighted by Crippen LogP contribution is -2.12. The third kappa shape index (κ3) is 1.94. The summed E-state index contributed by atoms with van der Waals surface area (Å²) in [5, 5.41) is 12.1. The highest BCUT2D eigenvalue weighted by Gasteiger charge is 2.18. The topological polar surface area (TPSA) is 58.6 Å². The highest BCUT2D eigenvalue weighted by Crippen LogP contribution is 2.09. The van der Waals surface area contributed by atoms with Crippen LogP contribution in [0.3, 0.4) is 0 Å². The second-order valence-electron chi connectivity index (χ2n) is 2.35. The average Bonchev–Trinajstić information content (AvgIpc) is 2.37. The molecule has 0 bridgehead atoms. The third-order valence-corrected chi connectivity index (χ3v) is 1.58. The van der Waals surface area contributed by atoms with Crippen LogP contribution in [0.25, 0.3) is 0 Å². The molecule has 0 amide bonds. The number of hydrogen-bond donors (Lipinski definition) is 2. The molecule has 1 rings (SSSR count). The van der Waals surface area contributed by atoms with Gasteiger partial charge in [-0.05, 0) is 6.42 Å². The fourth-order valence-electron chi connectivity index (χ4n) is 0.960. The first-order valence-corrected chi connectivity index (χ1v) is 3.45. The van der Waals surface area contributed by atoms with Gasteiger partial charge in [0.15, 0.2) is 0 Å². The van der Waals surface area contributed by atoms with Crippen LogP contribution in [0.4, 0.5) is 0 Å². The molecule has 0 aromatic heterocycles. The summed E-state index contributed by atoms with van der Waals surface area (Å²) in [5.41, 5.74) is 0.553. The number of ether oxygens (including phenoxy) is 1. The highest BCUT2D eigenvalue weighted by molar-refractivity contribution is 5.82. The molecule has 1 atom stereocenters. The van der Waals surface area contributed by atoms with Gasteiger partial charge in [0.05, 0.1) is 13.2 Å². The maximum absolute atomic E-state index is 10.7. The second-order valence-corrected chi connectivity index (χ2v) is 2.35. The number of aliphatic hydroxyl groups excluding tert-OH is 1. The molecule has 0 spiro atoms. The van der Waals surface area contributed by atoms with Gasteiger partial charge in [-0.1, -0.05) is 0 Å². The third-order valence-electron chi connectivity index (χ3n) is 1.58. The van der Waals surface area contributed by atoms with Crippen molar-refractivity contribution in [3.63, 3.8) is 0 Å². The Bertz CT molecular complexity index is 188. The lowest BCUT2D eigenvalue weighted by Gasteiger charge is -2.01. The Morgan fingerprint density at radius 2 is 2.64 bits per heavy atom. The van der Waals surface area contributed by atoms with Gasteiger partial charge in [0.1, 0.15) is 0 Å². The van der Waals surface area contributed by atoms with E-state index in [0.717, 1.165) is 0 Å². The van der Waals surface area contributed by atoms with E-state index in [4.69, 9.17) is 0 Å². The van der Waals surface area contributed by atoms with Crippen molar-refractivity contribution < 1.29 is 14.6 Å². The van der Waals surface area contributed by atoms with Crippen molar-refractivity contribution >= 4 is 5.97 Å². The fraction of sp³-hybridized carbons (Fsp3) is 0.571. The number of methoxy groups -OCH3 is 1. The summed E-state index contributed by atoms with van der Waals surface area (Å²) >= 11 is 0. The van der Waals surface area contributed by atoms with Crippen molar-refractivity contribution in [2.75, 3.05) is 13.7 Å². The van der Waals surface area contributed by atoms with Crippen molar-refractivity contribution in [3.05, 3.63) is 11.8 Å². The van der Waals surface area contributed by atoms with Crippen molar-refractivity contribution in [3.8, 4) is 0 Å². The van der Waals surface area contributed by atoms with Crippen molar-refractivity contribution in [1.29, 1.82) is 0 Å². The lowest BCUT2D eigenvalue weighted by atomic mass is 10.2. The Morgan fingerprint density at radius 3 is 3.09 bits per heavy atom. The van der Waals surface area contributed by atoms with Crippen LogP contribution in [0.1, 0.15) is 6.42 Å². The molecule has 1 aliphatic rings. The van der Waals surface area contributed by atoms with Gasteiger partial charge in [0.25, 0.3) is 0 Å². The standard InChI is InChI=1S/C7H11NO3/c1-11-7(10)4-5-6(9)2-3-8-5/h4,6,8-9H,2-3H2,1H3/b5-4-. The summed E-state index contributed by atoms with van der Waals surface area (Å²) in [6.07, 6.45) is 1.40. The van der Waals surface area contributed by atoms with E-state index in [-0.39, 0.29) is 0 Å². The van der Waals surface area contributed by atoms with E-state index in [1.165, 1.54) is 13.2 Å². The fourth-order valence-corrected chi connectivity index (χ4v) is 0.960. The predicted octanol–water partition coefficient (Wildman–Crippen LogP) is -0.603. The quantitative estimate of drug-likeness (QED) is 0.394. The number of hydrogen-bond acceptors (Lipinski definition) is 4. The summed E-state index contributed by atoms with van der Waals surface area (Å²) in [6.45, 7) is 0.712. The Kier molecular flexibility index (Phi) is 2.48. The highest BCUT2D eigenvalue weighted by atomic mass is 16.5. The van der Waals surface area contributed by atoms with Crippen molar-refractivity contribution in [2.45, 2.75) is 12.5 Å². The SMILES string of the molecule is COC(=O)/C=C1\NCCC1O. The first kappa shape index (κ1) is 8.07. The summed E-state index contributed by atoms with van der Waals surface area (Å²) < 4.78 is 4.39. The molecule has 1 unspecified atom stereocenters. The van der Waals surface area contributed by atoms with Gasteiger partial charge in [-0.25, -0.2) is 4.79 Å². The molecule has 0 radical (unpaired) electrons. The number of aliphatic hydroxyl groups is 1. The first-order chi connectivity index (χ1) is 5.24. The molecule has 0 aliphatic carbocycles. The van der Waals surface area contributed by atoms with Crippen LogP contribution >= 0.6 is 0 Å². The lowest BCUT2D eigenvalue weighted by molar-refractivity contribution is -0.134. The zero-order valence-electron chi connectivity index (χ0n) is 6.33. The maximum atomic E-state index is 10.7. The second kappa shape index (κ2) is 3.39. The van der Waals surface area contributed by atoms with Crippen LogP contribution in [0.15, 0.2) is 11.8 Å². The van der Waals surface area contributed by atoms with Crippen LogP contribution in [0.2, 0.25) is 0 Å². The van der Waals surface area contributed by atoms with E-state index < -0.39 is 12.1 Å². The van der Waals surface area contributed by atoms with Crippen LogP contribution in [0.5, 0.6) is 0 Å². The largest absolute Gasteiger partial charge is 0.466 e. The molecule has 11 heavy (non-hydrogen) atoms. The van der Waals surface area contributed by atoms with E-state index in [1.54, 1.807) is 0 Å². The van der Waals surface area contributed by atoms with Crippen molar-refractivity contribution in [1.82, 2.24) is 5.32 Å². The monoisotopic (exact) mass is 157 g/mol. The van der Waals surface area contributed by atoms with Gasteiger partial charge in [-0.2, -0.15) is 0 Å². The molecule has 1 heterocycles. The molecule has 2 N–H and O–H groups in total. The van der Waals surface area contributed by atoms with Gasteiger partial charge in [0.2, 0.25) is 0 Å². The average molecular weight is 157 g/mol. The van der Waals surface area contributed by atoms with E-state index in [9.17, 15) is 9.90 Å². The first-order valence-electron chi connectivity index (χ1n) is 3.45. The van der Waals surface area contributed by atoms with Crippen LogP contribution < -0.4 is 5.32 Å². The normalized spacial score (nSPS) is 26.7. The van der Waals surface area contributed by atoms with Gasteiger partial charge in [-0.15, -0.1) is 0 Å². The maximum Gasteiger partial charge on any atom is 0.332 e. The summed E-state index contributed by atoms with van der Waals surface area (Å²) in [7, 11) is 1.31. The molecule has 0 saturated carbocycles. The summed E-state index contributed by atoms with van der Waals surface area (Å²) in [6, 6.07) is 0. The van der Waals surface area contributed by atoms with Gasteiger partial charge >= 0.3 is 5.97 Å². The molecule has 4 nitrogen and oxygen atoms in total. The zero-order valence-corrected chi connectivity index (χ0v) is 6.33. The molecule has 1 aliphatic heterocycles. The molecular weight excluding hydrogens is 146 g/mol. The zero-order chi connectivity index (χ0) is 8.27. The predicted molar refractivity (Wildman–Crippen MR) is 38.7 cm³/mol. The van der Waals surface area contributed by atoms with E-state index in [2.05, 4.69) is 10.1 Å². The molecule has 0 aromatic carbocycles. The van der Waals surface area contributed by atoms with Crippen molar-refractivity contribution in [2.24, 2.45) is 0 Å². The minimum absolute atomic E-state index is 0.437. The van der Waals surface area contributed by atoms with E-state index in [1.807, 2.05) is 0 Å². The van der Waals surface area contributed by atoms with Crippen LogP contribution in [-0.2, 0) is 9.53 Å². The minimum Gasteiger partial charge on any atom is -0.466 e. The summed E-state index contributed by atoms with van der Waals surface area (Å²) in [5.74, 6) is -0.437. The van der Waals surface area contributed by atoms with Gasteiger partial charge < -0.3 is 15.2 Å². The molecular formula is C7H11NO3. The number of nitrogens with one attached hydrogen (secondary N) is 1. The molecule has 1 saturated heterocycles. The van der Waals surface area contributed by atoms with E-state index >= 15 is 0 Å². The van der Waals surface area contributed by atoms with Gasteiger partial charge in [0, 0.05) is 18.3 Å². The van der Waals surface area contributed by atoms with Crippen LogP contribution in [0, 0.1) is 0 Å². The smallest absolute Gasteiger partial charge is 0.332 e. The van der Waals surface area contributed by atoms with E-state index in [0.29, 0.717) is 18.7 Å². The minimum atomic E-state index is -0.533. The Labute approximate surface area is 64.9 Å². The Hall–Kier alpha value is -1.03.